The van der Waals surface area contributed by atoms with Gasteiger partial charge in [0.05, 0.1) is 10.5 Å². The summed E-state index contributed by atoms with van der Waals surface area (Å²) < 4.78 is 27.7. The maximum absolute atomic E-state index is 12.5. The van der Waals surface area contributed by atoms with E-state index in [9.17, 15) is 13.2 Å². The third-order valence-corrected chi connectivity index (χ3v) is 5.67. The Hall–Kier alpha value is -2.18. The number of aromatic carboxylic acids is 1. The topological polar surface area (TPSA) is 83.5 Å². The van der Waals surface area contributed by atoms with Crippen LogP contribution < -0.4 is 4.72 Å². The van der Waals surface area contributed by atoms with Crippen molar-refractivity contribution in [3.8, 4) is 0 Å². The first kappa shape index (κ1) is 15.7. The number of benzene rings is 2. The molecule has 0 aromatic heterocycles. The molecule has 2 aromatic rings. The molecule has 2 aromatic carbocycles. The predicted octanol–water partition coefficient (Wildman–Crippen LogP) is 2.91. The van der Waals surface area contributed by atoms with Crippen LogP contribution in [0.1, 0.15) is 46.8 Å². The molecular weight excluding hydrogens is 314 g/mol. The fourth-order valence-corrected chi connectivity index (χ4v) is 4.28. The molecule has 2 N–H and O–H groups in total. The van der Waals surface area contributed by atoms with Crippen LogP contribution in [0, 0.1) is 0 Å². The molecule has 0 bridgehead atoms. The van der Waals surface area contributed by atoms with E-state index >= 15 is 0 Å². The zero-order valence-corrected chi connectivity index (χ0v) is 13.4. The highest BCUT2D eigenvalue weighted by Gasteiger charge is 2.32. The largest absolute Gasteiger partial charge is 0.478 e. The van der Waals surface area contributed by atoms with E-state index in [0.717, 1.165) is 11.1 Å². The van der Waals surface area contributed by atoms with Gasteiger partial charge in [-0.1, -0.05) is 31.2 Å². The average molecular weight is 331 g/mol. The Kier molecular flexibility index (Phi) is 3.95. The molecule has 3 rings (SSSR count). The maximum Gasteiger partial charge on any atom is 0.335 e. The van der Waals surface area contributed by atoms with Gasteiger partial charge in [-0.05, 0) is 47.7 Å². The van der Waals surface area contributed by atoms with Gasteiger partial charge < -0.3 is 5.11 Å². The zero-order chi connectivity index (χ0) is 16.6. The normalized spacial score (nSPS) is 20.2. The fraction of sp³-hybridized carbons (Fsp3) is 0.235. The van der Waals surface area contributed by atoms with E-state index in [2.05, 4.69) is 4.72 Å². The molecule has 5 nitrogen and oxygen atoms in total. The quantitative estimate of drug-likeness (QED) is 0.902. The van der Waals surface area contributed by atoms with Crippen molar-refractivity contribution in [2.24, 2.45) is 0 Å². The summed E-state index contributed by atoms with van der Waals surface area (Å²) in [6, 6.07) is 12.7. The SMILES string of the molecule is C[C@@H]1CC(NS(=O)(=O)c2ccccc2)c2cc(C(=O)O)ccc21. The Morgan fingerprint density at radius 2 is 1.83 bits per heavy atom. The van der Waals surface area contributed by atoms with Gasteiger partial charge >= 0.3 is 5.97 Å². The second-order valence-corrected chi connectivity index (χ2v) is 7.49. The number of rotatable bonds is 4. The molecule has 6 heteroatoms. The van der Waals surface area contributed by atoms with Gasteiger partial charge in [-0.2, -0.15) is 0 Å². The standard InChI is InChI=1S/C17H17NO4S/c1-11-9-16(15-10-12(17(19)20)7-8-14(11)15)18-23(21,22)13-5-3-2-4-6-13/h2-8,10-11,16,18H,9H2,1H3,(H,19,20)/t11-,16?/m1/s1. The van der Waals surface area contributed by atoms with Crippen molar-refractivity contribution < 1.29 is 18.3 Å². The van der Waals surface area contributed by atoms with Gasteiger partial charge in [0.2, 0.25) is 10.0 Å². The van der Waals surface area contributed by atoms with Crippen LogP contribution >= 0.6 is 0 Å². The maximum atomic E-state index is 12.5. The van der Waals surface area contributed by atoms with Crippen LogP contribution in [0.3, 0.4) is 0 Å². The molecule has 1 unspecified atom stereocenters. The molecule has 2 atom stereocenters. The van der Waals surface area contributed by atoms with Gasteiger partial charge in [0, 0.05) is 6.04 Å². The Morgan fingerprint density at radius 1 is 1.13 bits per heavy atom. The number of hydrogen-bond acceptors (Lipinski definition) is 3. The Bertz CT molecular complexity index is 846. The van der Waals surface area contributed by atoms with E-state index in [4.69, 9.17) is 5.11 Å². The first-order valence-electron chi connectivity index (χ1n) is 7.33. The van der Waals surface area contributed by atoms with Crippen LogP contribution in [-0.4, -0.2) is 19.5 Å². The molecule has 23 heavy (non-hydrogen) atoms. The average Bonchev–Trinajstić information content (AvgIpc) is 2.83. The summed E-state index contributed by atoms with van der Waals surface area (Å²) in [6.45, 7) is 2.01. The third-order valence-electron chi connectivity index (χ3n) is 4.18. The lowest BCUT2D eigenvalue weighted by Gasteiger charge is -2.15. The smallest absolute Gasteiger partial charge is 0.335 e. The zero-order valence-electron chi connectivity index (χ0n) is 12.6. The second-order valence-electron chi connectivity index (χ2n) is 5.77. The van der Waals surface area contributed by atoms with Gasteiger partial charge in [-0.25, -0.2) is 17.9 Å². The molecule has 0 spiro atoms. The van der Waals surface area contributed by atoms with Gasteiger partial charge in [0.15, 0.2) is 0 Å². The molecule has 0 amide bonds. The van der Waals surface area contributed by atoms with E-state index in [0.29, 0.717) is 6.42 Å². The third kappa shape index (κ3) is 3.00. The minimum Gasteiger partial charge on any atom is -0.478 e. The molecule has 1 aliphatic carbocycles. The summed E-state index contributed by atoms with van der Waals surface area (Å²) in [5.74, 6) is -0.840. The van der Waals surface area contributed by atoms with Crippen LogP contribution in [0.4, 0.5) is 0 Å². The summed E-state index contributed by atoms with van der Waals surface area (Å²) in [6.07, 6.45) is 0.616. The Labute approximate surface area is 135 Å². The summed E-state index contributed by atoms with van der Waals surface area (Å²) in [7, 11) is -3.64. The highest BCUT2D eigenvalue weighted by molar-refractivity contribution is 7.89. The summed E-state index contributed by atoms with van der Waals surface area (Å²) in [5, 5.41) is 9.14. The Balaban J connectivity index is 1.95. The molecule has 0 saturated carbocycles. The van der Waals surface area contributed by atoms with Crippen molar-refractivity contribution in [1.29, 1.82) is 0 Å². The lowest BCUT2D eigenvalue weighted by Crippen LogP contribution is -2.27. The van der Waals surface area contributed by atoms with Gasteiger partial charge in [0.25, 0.3) is 0 Å². The Morgan fingerprint density at radius 3 is 2.48 bits per heavy atom. The van der Waals surface area contributed by atoms with E-state index in [1.54, 1.807) is 36.4 Å². The van der Waals surface area contributed by atoms with Crippen molar-refractivity contribution in [2.75, 3.05) is 0 Å². The van der Waals surface area contributed by atoms with Crippen molar-refractivity contribution in [3.63, 3.8) is 0 Å². The summed E-state index contributed by atoms with van der Waals surface area (Å²) in [4.78, 5) is 11.4. The fourth-order valence-electron chi connectivity index (χ4n) is 3.03. The number of carboxylic acids is 1. The number of carbonyl (C=O) groups is 1. The minimum atomic E-state index is -3.64. The summed E-state index contributed by atoms with van der Waals surface area (Å²) in [5.41, 5.74) is 1.91. The number of carboxylic acid groups (broad SMARTS) is 1. The molecular formula is C17H17NO4S. The molecule has 120 valence electrons. The van der Waals surface area contributed by atoms with Crippen molar-refractivity contribution in [2.45, 2.75) is 30.2 Å². The molecule has 0 heterocycles. The van der Waals surface area contributed by atoms with Crippen molar-refractivity contribution in [3.05, 3.63) is 65.2 Å². The first-order valence-corrected chi connectivity index (χ1v) is 8.81. The van der Waals surface area contributed by atoms with Gasteiger partial charge in [0.1, 0.15) is 0 Å². The highest BCUT2D eigenvalue weighted by atomic mass is 32.2. The van der Waals surface area contributed by atoms with E-state index in [1.807, 2.05) is 6.92 Å². The lowest BCUT2D eigenvalue weighted by molar-refractivity contribution is 0.0696. The minimum absolute atomic E-state index is 0.168. The van der Waals surface area contributed by atoms with E-state index in [1.165, 1.54) is 12.1 Å². The van der Waals surface area contributed by atoms with E-state index in [-0.39, 0.29) is 16.4 Å². The number of fused-ring (bicyclic) bond motifs is 1. The first-order chi connectivity index (χ1) is 10.9. The number of sulfonamides is 1. The van der Waals surface area contributed by atoms with Gasteiger partial charge in [-0.15, -0.1) is 0 Å². The molecule has 0 saturated heterocycles. The van der Waals surface area contributed by atoms with Crippen LogP contribution in [-0.2, 0) is 10.0 Å². The second kappa shape index (κ2) is 5.79. The van der Waals surface area contributed by atoms with Crippen LogP contribution in [0.25, 0.3) is 0 Å². The van der Waals surface area contributed by atoms with Crippen LogP contribution in [0.2, 0.25) is 0 Å². The predicted molar refractivity (Wildman–Crippen MR) is 85.9 cm³/mol. The van der Waals surface area contributed by atoms with Crippen LogP contribution in [0.5, 0.6) is 0 Å². The molecule has 0 aliphatic heterocycles. The van der Waals surface area contributed by atoms with Crippen molar-refractivity contribution >= 4 is 16.0 Å². The number of nitrogens with one attached hydrogen (secondary N) is 1. The molecule has 0 fully saturated rings. The monoisotopic (exact) mass is 331 g/mol. The highest BCUT2D eigenvalue weighted by Crippen LogP contribution is 2.41. The molecule has 0 radical (unpaired) electrons. The molecule has 1 aliphatic rings. The van der Waals surface area contributed by atoms with Crippen LogP contribution in [0.15, 0.2) is 53.4 Å². The lowest BCUT2D eigenvalue weighted by atomic mass is 10.0. The van der Waals surface area contributed by atoms with E-state index < -0.39 is 22.0 Å². The van der Waals surface area contributed by atoms with Gasteiger partial charge in [-0.3, -0.25) is 0 Å². The van der Waals surface area contributed by atoms with Crippen molar-refractivity contribution in [1.82, 2.24) is 4.72 Å². The summed E-state index contributed by atoms with van der Waals surface area (Å²) >= 11 is 0. The number of hydrogen-bond donors (Lipinski definition) is 2.